The van der Waals surface area contributed by atoms with Crippen LogP contribution in [0, 0.1) is 22.7 Å². The van der Waals surface area contributed by atoms with Gasteiger partial charge in [0, 0.05) is 10.6 Å². The van der Waals surface area contributed by atoms with Crippen molar-refractivity contribution >= 4 is 27.3 Å². The molecular weight excluding hydrogens is 358 g/mol. The van der Waals surface area contributed by atoms with E-state index in [2.05, 4.69) is 27.7 Å². The van der Waals surface area contributed by atoms with Crippen LogP contribution in [0.2, 0.25) is 0 Å². The third kappa shape index (κ3) is 2.75. The number of aromatic amines is 1. The van der Waals surface area contributed by atoms with E-state index in [1.54, 1.807) is 24.6 Å². The van der Waals surface area contributed by atoms with Crippen molar-refractivity contribution in [2.45, 2.75) is 12.8 Å². The van der Waals surface area contributed by atoms with E-state index in [-0.39, 0.29) is 0 Å². The molecule has 132 valence electrons. The highest BCUT2D eigenvalue weighted by Crippen LogP contribution is 2.43. The molecule has 0 bridgehead atoms. The standard InChI is InChI=1S/C20H15N5OS/c1-11-14(8-21)19(17-7-16-18(27-17)10-23-25-16)15(9-22)20(24-11)12-3-5-13(26-2)6-4-12/h3-7,10,19,24H,1-2H3,(H,23,25). The van der Waals surface area contributed by atoms with Gasteiger partial charge in [-0.25, -0.2) is 0 Å². The lowest BCUT2D eigenvalue weighted by molar-refractivity contribution is 0.415. The van der Waals surface area contributed by atoms with Crippen molar-refractivity contribution in [1.29, 1.82) is 10.5 Å². The Labute approximate surface area is 160 Å². The number of benzene rings is 1. The smallest absolute Gasteiger partial charge is 0.118 e. The predicted molar refractivity (Wildman–Crippen MR) is 104 cm³/mol. The lowest BCUT2D eigenvalue weighted by atomic mass is 9.84. The largest absolute Gasteiger partial charge is 0.497 e. The highest BCUT2D eigenvalue weighted by molar-refractivity contribution is 7.19. The molecule has 0 fully saturated rings. The van der Waals surface area contributed by atoms with Gasteiger partial charge in [0.1, 0.15) is 5.75 Å². The van der Waals surface area contributed by atoms with Crippen LogP contribution in [0.3, 0.4) is 0 Å². The van der Waals surface area contributed by atoms with Crippen molar-refractivity contribution in [2.75, 3.05) is 7.11 Å². The molecule has 1 aliphatic rings. The number of methoxy groups -OCH3 is 1. The van der Waals surface area contributed by atoms with Gasteiger partial charge in [-0.05, 0) is 42.8 Å². The molecule has 1 aliphatic heterocycles. The van der Waals surface area contributed by atoms with Crippen LogP contribution < -0.4 is 10.1 Å². The van der Waals surface area contributed by atoms with Crippen LogP contribution in [-0.4, -0.2) is 17.3 Å². The van der Waals surface area contributed by atoms with Gasteiger partial charge in [-0.1, -0.05) is 0 Å². The molecule has 2 N–H and O–H groups in total. The van der Waals surface area contributed by atoms with Gasteiger partial charge in [0.05, 0.1) is 58.4 Å². The number of H-pyrrole nitrogens is 1. The van der Waals surface area contributed by atoms with E-state index in [0.717, 1.165) is 37.8 Å². The summed E-state index contributed by atoms with van der Waals surface area (Å²) in [5, 5.41) is 29.9. The molecule has 1 atom stereocenters. The number of nitrogens with one attached hydrogen (secondary N) is 2. The number of allylic oxidation sites excluding steroid dienone is 3. The minimum absolute atomic E-state index is 0.399. The molecule has 0 radical (unpaired) electrons. The Kier molecular flexibility index (Phi) is 4.15. The number of dihydropyridines is 1. The number of aromatic nitrogens is 2. The van der Waals surface area contributed by atoms with Crippen LogP contribution >= 0.6 is 11.3 Å². The summed E-state index contributed by atoms with van der Waals surface area (Å²) in [5.74, 6) is 0.347. The molecule has 1 unspecified atom stereocenters. The van der Waals surface area contributed by atoms with Crippen LogP contribution in [0.25, 0.3) is 15.9 Å². The lowest BCUT2D eigenvalue weighted by Crippen LogP contribution is -2.23. The highest BCUT2D eigenvalue weighted by Gasteiger charge is 2.32. The second-order valence-corrected chi connectivity index (χ2v) is 7.25. The van der Waals surface area contributed by atoms with Gasteiger partial charge >= 0.3 is 0 Å². The van der Waals surface area contributed by atoms with Crippen molar-refractivity contribution in [3.8, 4) is 17.9 Å². The van der Waals surface area contributed by atoms with Gasteiger partial charge in [0.2, 0.25) is 0 Å². The first kappa shape index (κ1) is 16.9. The van der Waals surface area contributed by atoms with Gasteiger partial charge in [-0.3, -0.25) is 5.10 Å². The van der Waals surface area contributed by atoms with E-state index in [1.807, 2.05) is 37.3 Å². The van der Waals surface area contributed by atoms with Gasteiger partial charge < -0.3 is 10.1 Å². The maximum absolute atomic E-state index is 9.96. The Morgan fingerprint density at radius 1 is 1.15 bits per heavy atom. The van der Waals surface area contributed by atoms with Gasteiger partial charge in [0.15, 0.2) is 0 Å². The summed E-state index contributed by atoms with van der Waals surface area (Å²) in [5.41, 5.74) is 4.34. The summed E-state index contributed by atoms with van der Waals surface area (Å²) in [6.45, 7) is 1.87. The Hall–Kier alpha value is -3.55. The zero-order chi connectivity index (χ0) is 19.0. The zero-order valence-electron chi connectivity index (χ0n) is 14.7. The van der Waals surface area contributed by atoms with Gasteiger partial charge in [-0.15, -0.1) is 11.3 Å². The topological polar surface area (TPSA) is 97.5 Å². The number of hydrogen-bond donors (Lipinski definition) is 2. The predicted octanol–water partition coefficient (Wildman–Crippen LogP) is 4.05. The first-order valence-corrected chi connectivity index (χ1v) is 9.07. The summed E-state index contributed by atoms with van der Waals surface area (Å²) in [6, 6.07) is 14.1. The first-order chi connectivity index (χ1) is 13.2. The summed E-state index contributed by atoms with van der Waals surface area (Å²) in [4.78, 5) is 0.943. The maximum Gasteiger partial charge on any atom is 0.118 e. The molecule has 3 aromatic rings. The average Bonchev–Trinajstić information content (AvgIpc) is 3.29. The van der Waals surface area contributed by atoms with Crippen molar-refractivity contribution in [1.82, 2.24) is 15.5 Å². The molecule has 27 heavy (non-hydrogen) atoms. The zero-order valence-corrected chi connectivity index (χ0v) is 15.5. The Morgan fingerprint density at radius 2 is 1.89 bits per heavy atom. The normalized spacial score (nSPS) is 16.8. The molecule has 0 amide bonds. The number of thiophene rings is 1. The van der Waals surface area contributed by atoms with E-state index in [0.29, 0.717) is 11.1 Å². The highest BCUT2D eigenvalue weighted by atomic mass is 32.1. The summed E-state index contributed by atoms with van der Waals surface area (Å²) >= 11 is 1.54. The number of ether oxygens (including phenoxy) is 1. The average molecular weight is 373 g/mol. The summed E-state index contributed by atoms with van der Waals surface area (Å²) < 4.78 is 6.22. The Balaban J connectivity index is 1.90. The van der Waals surface area contributed by atoms with Crippen molar-refractivity contribution < 1.29 is 4.74 Å². The molecule has 1 aromatic carbocycles. The van der Waals surface area contributed by atoms with Crippen molar-refractivity contribution in [2.24, 2.45) is 0 Å². The fraction of sp³-hybridized carbons (Fsp3) is 0.150. The van der Waals surface area contributed by atoms with Crippen LogP contribution in [0.15, 0.2) is 53.4 Å². The molecule has 0 saturated carbocycles. The fourth-order valence-electron chi connectivity index (χ4n) is 3.28. The molecule has 3 heterocycles. The molecule has 7 heteroatoms. The number of hydrogen-bond acceptors (Lipinski definition) is 6. The summed E-state index contributed by atoms with van der Waals surface area (Å²) in [7, 11) is 1.61. The van der Waals surface area contributed by atoms with Crippen LogP contribution in [-0.2, 0) is 0 Å². The minimum atomic E-state index is -0.399. The van der Waals surface area contributed by atoms with E-state index >= 15 is 0 Å². The van der Waals surface area contributed by atoms with Crippen LogP contribution in [0.1, 0.15) is 23.3 Å². The quantitative estimate of drug-likeness (QED) is 0.722. The Bertz CT molecular complexity index is 1140. The fourth-order valence-corrected chi connectivity index (χ4v) is 4.38. The van der Waals surface area contributed by atoms with Crippen LogP contribution in [0.5, 0.6) is 5.75 Å². The molecule has 4 rings (SSSR count). The SMILES string of the molecule is COc1ccc(C2=C(C#N)C(c3cc4[nH]ncc4s3)C(C#N)=C(C)N2)cc1. The molecule has 2 aromatic heterocycles. The van der Waals surface area contributed by atoms with E-state index in [4.69, 9.17) is 4.74 Å². The lowest BCUT2D eigenvalue weighted by Gasteiger charge is -2.27. The minimum Gasteiger partial charge on any atom is -0.497 e. The molecule has 0 spiro atoms. The molecule has 0 saturated heterocycles. The Morgan fingerprint density at radius 3 is 2.52 bits per heavy atom. The number of rotatable bonds is 3. The van der Waals surface area contributed by atoms with E-state index in [9.17, 15) is 10.5 Å². The number of nitrogens with zero attached hydrogens (tertiary/aromatic N) is 3. The maximum atomic E-state index is 9.96. The molecular formula is C20H15N5OS. The van der Waals surface area contributed by atoms with E-state index in [1.165, 1.54) is 0 Å². The van der Waals surface area contributed by atoms with Gasteiger partial charge in [0.25, 0.3) is 0 Å². The molecule has 6 nitrogen and oxygen atoms in total. The number of nitriles is 2. The monoisotopic (exact) mass is 373 g/mol. The second-order valence-electron chi connectivity index (χ2n) is 6.13. The van der Waals surface area contributed by atoms with Crippen molar-refractivity contribution in [3.05, 3.63) is 63.8 Å². The third-order valence-electron chi connectivity index (χ3n) is 4.61. The first-order valence-electron chi connectivity index (χ1n) is 8.25. The van der Waals surface area contributed by atoms with Gasteiger partial charge in [-0.2, -0.15) is 15.6 Å². The third-order valence-corrected chi connectivity index (χ3v) is 5.75. The second kappa shape index (κ2) is 6.64. The molecule has 0 aliphatic carbocycles. The van der Waals surface area contributed by atoms with E-state index < -0.39 is 5.92 Å². The van der Waals surface area contributed by atoms with Crippen LogP contribution in [0.4, 0.5) is 0 Å². The van der Waals surface area contributed by atoms with Crippen molar-refractivity contribution in [3.63, 3.8) is 0 Å². The summed E-state index contributed by atoms with van der Waals surface area (Å²) in [6.07, 6.45) is 1.76. The number of fused-ring (bicyclic) bond motifs is 1.